The van der Waals surface area contributed by atoms with E-state index in [4.69, 9.17) is 21.7 Å². The Morgan fingerprint density at radius 2 is 1.87 bits per heavy atom. The first-order chi connectivity index (χ1) is 10.7. The molecular weight excluding hydrogens is 312 g/mol. The summed E-state index contributed by atoms with van der Waals surface area (Å²) in [4.78, 5) is 1.85. The van der Waals surface area contributed by atoms with Gasteiger partial charge in [0.15, 0.2) is 16.6 Å². The molecule has 2 N–H and O–H groups in total. The van der Waals surface area contributed by atoms with Crippen LogP contribution in [0.1, 0.15) is 32.8 Å². The Bertz CT molecular complexity index is 587. The maximum absolute atomic E-state index is 10.8. The maximum atomic E-state index is 10.8. The van der Waals surface area contributed by atoms with Crippen LogP contribution < -0.4 is 14.8 Å². The van der Waals surface area contributed by atoms with E-state index in [0.29, 0.717) is 29.6 Å². The normalized spacial score (nSPS) is 23.4. The number of aliphatic hydroxyl groups is 1. The second kappa shape index (κ2) is 6.53. The number of hydrogen-bond donors (Lipinski definition) is 2. The number of ether oxygens (including phenoxy) is 2. The fraction of sp³-hybridized carbons (Fsp3) is 0.588. The lowest BCUT2D eigenvalue weighted by atomic mass is 9.90. The smallest absolute Gasteiger partial charge is 0.171 e. The van der Waals surface area contributed by atoms with Gasteiger partial charge in [0, 0.05) is 18.5 Å². The molecule has 0 spiro atoms. The lowest BCUT2D eigenvalue weighted by molar-refractivity contribution is -0.0876. The van der Waals surface area contributed by atoms with Gasteiger partial charge in [-0.15, -0.1) is 0 Å². The topological polar surface area (TPSA) is 54.0 Å². The van der Waals surface area contributed by atoms with Crippen molar-refractivity contribution < 1.29 is 14.6 Å². The Morgan fingerprint density at radius 1 is 1.22 bits per heavy atom. The summed E-state index contributed by atoms with van der Waals surface area (Å²) in [6, 6.07) is 5.85. The molecule has 2 rings (SSSR count). The first-order valence-corrected chi connectivity index (χ1v) is 8.12. The Balaban J connectivity index is 2.09. The molecule has 0 bridgehead atoms. The first kappa shape index (κ1) is 17.8. The molecule has 5 nitrogen and oxygen atoms in total. The monoisotopic (exact) mass is 338 g/mol. The largest absolute Gasteiger partial charge is 0.493 e. The van der Waals surface area contributed by atoms with Crippen LogP contribution >= 0.6 is 12.2 Å². The molecule has 0 saturated carbocycles. The minimum atomic E-state index is -0.956. The average molecular weight is 338 g/mol. The Hall–Kier alpha value is -1.53. The van der Waals surface area contributed by atoms with Gasteiger partial charge < -0.3 is 24.8 Å². The average Bonchev–Trinajstić information content (AvgIpc) is 2.43. The molecular formula is C17H26N2O3S. The molecule has 1 atom stereocenters. The van der Waals surface area contributed by atoms with Crippen LogP contribution in [-0.2, 0) is 6.42 Å². The Morgan fingerprint density at radius 3 is 2.43 bits per heavy atom. The van der Waals surface area contributed by atoms with E-state index >= 15 is 0 Å². The Kier molecular flexibility index (Phi) is 5.06. The molecule has 1 aromatic rings. The van der Waals surface area contributed by atoms with Crippen molar-refractivity contribution in [2.24, 2.45) is 0 Å². The van der Waals surface area contributed by atoms with Crippen LogP contribution in [0.25, 0.3) is 0 Å². The molecule has 0 aliphatic carbocycles. The van der Waals surface area contributed by atoms with Crippen molar-refractivity contribution in [2.45, 2.75) is 44.9 Å². The highest BCUT2D eigenvalue weighted by molar-refractivity contribution is 7.80. The van der Waals surface area contributed by atoms with E-state index in [1.54, 1.807) is 14.2 Å². The first-order valence-electron chi connectivity index (χ1n) is 7.71. The van der Waals surface area contributed by atoms with E-state index in [2.05, 4.69) is 5.32 Å². The number of nitrogens with one attached hydrogen (secondary N) is 1. The molecule has 1 fully saturated rings. The van der Waals surface area contributed by atoms with E-state index in [0.717, 1.165) is 12.0 Å². The lowest BCUT2D eigenvalue weighted by Crippen LogP contribution is -2.66. The van der Waals surface area contributed by atoms with Crippen LogP contribution in [0.5, 0.6) is 11.5 Å². The van der Waals surface area contributed by atoms with Gasteiger partial charge in [-0.3, -0.25) is 0 Å². The molecule has 6 heteroatoms. The van der Waals surface area contributed by atoms with Crippen LogP contribution in [0.15, 0.2) is 18.2 Å². The predicted octanol–water partition coefficient (Wildman–Crippen LogP) is 2.31. The van der Waals surface area contributed by atoms with Gasteiger partial charge in [-0.2, -0.15) is 0 Å². The molecule has 0 amide bonds. The second-order valence-corrected chi connectivity index (χ2v) is 7.19. The number of nitrogens with zero attached hydrogens (tertiary/aromatic N) is 1. The van der Waals surface area contributed by atoms with Gasteiger partial charge in [0.2, 0.25) is 0 Å². The third-order valence-electron chi connectivity index (χ3n) is 4.12. The lowest BCUT2D eigenvalue weighted by Gasteiger charge is -2.49. The molecule has 0 radical (unpaired) electrons. The molecule has 0 aromatic heterocycles. The standard InChI is InChI=1S/C17H26N2O3S/c1-16(2)11-17(3,20)19(15(23)18-16)9-8-12-6-7-13(21-4)14(10-12)22-5/h6-7,10,20H,8-9,11H2,1-5H3,(H,18,23)/t17-/m1/s1. The minimum absolute atomic E-state index is 0.208. The van der Waals surface area contributed by atoms with Crippen molar-refractivity contribution in [1.29, 1.82) is 0 Å². The van der Waals surface area contributed by atoms with Crippen LogP contribution in [0.3, 0.4) is 0 Å². The van der Waals surface area contributed by atoms with E-state index in [-0.39, 0.29) is 5.54 Å². The third-order valence-corrected chi connectivity index (χ3v) is 4.44. The van der Waals surface area contributed by atoms with E-state index in [1.807, 2.05) is 43.9 Å². The van der Waals surface area contributed by atoms with Crippen molar-refractivity contribution in [3.05, 3.63) is 23.8 Å². The SMILES string of the molecule is COc1ccc(CCN2C(=S)NC(C)(C)C[C@@]2(C)O)cc1OC. The van der Waals surface area contributed by atoms with Gasteiger partial charge in [-0.25, -0.2) is 0 Å². The highest BCUT2D eigenvalue weighted by Gasteiger charge is 2.42. The number of methoxy groups -OCH3 is 2. The second-order valence-electron chi connectivity index (χ2n) is 6.80. The molecule has 23 heavy (non-hydrogen) atoms. The summed E-state index contributed by atoms with van der Waals surface area (Å²) in [5, 5.41) is 14.6. The molecule has 0 unspecified atom stereocenters. The summed E-state index contributed by atoms with van der Waals surface area (Å²) in [6.45, 7) is 6.53. The van der Waals surface area contributed by atoms with Crippen molar-refractivity contribution in [3.63, 3.8) is 0 Å². The fourth-order valence-electron chi connectivity index (χ4n) is 3.17. The summed E-state index contributed by atoms with van der Waals surface area (Å²) in [5.41, 5.74) is -0.0610. The summed E-state index contributed by atoms with van der Waals surface area (Å²) in [5.74, 6) is 1.41. The van der Waals surface area contributed by atoms with Crippen LogP contribution in [0, 0.1) is 0 Å². The quantitative estimate of drug-likeness (QED) is 0.804. The van der Waals surface area contributed by atoms with Gasteiger partial charge in [0.05, 0.1) is 14.2 Å². The van der Waals surface area contributed by atoms with Gasteiger partial charge in [-0.05, 0) is 57.1 Å². The van der Waals surface area contributed by atoms with E-state index in [1.165, 1.54) is 0 Å². The van der Waals surface area contributed by atoms with E-state index in [9.17, 15) is 5.11 Å². The van der Waals surface area contributed by atoms with Crippen molar-refractivity contribution in [1.82, 2.24) is 10.2 Å². The third kappa shape index (κ3) is 4.06. The summed E-state index contributed by atoms with van der Waals surface area (Å²) < 4.78 is 10.6. The summed E-state index contributed by atoms with van der Waals surface area (Å²) in [7, 11) is 3.24. The fourth-order valence-corrected chi connectivity index (χ4v) is 3.74. The molecule has 1 heterocycles. The molecule has 1 aliphatic rings. The zero-order valence-electron chi connectivity index (χ0n) is 14.5. The van der Waals surface area contributed by atoms with E-state index < -0.39 is 5.72 Å². The number of thiocarbonyl (C=S) groups is 1. The zero-order valence-corrected chi connectivity index (χ0v) is 15.3. The number of hydrogen-bond acceptors (Lipinski definition) is 4. The highest BCUT2D eigenvalue weighted by atomic mass is 32.1. The molecule has 1 aliphatic heterocycles. The molecule has 128 valence electrons. The van der Waals surface area contributed by atoms with Gasteiger partial charge >= 0.3 is 0 Å². The predicted molar refractivity (Wildman–Crippen MR) is 95.0 cm³/mol. The van der Waals surface area contributed by atoms with Gasteiger partial charge in [0.1, 0.15) is 5.72 Å². The summed E-state index contributed by atoms with van der Waals surface area (Å²) in [6.07, 6.45) is 1.35. The Labute approximate surface area is 143 Å². The van der Waals surface area contributed by atoms with Crippen molar-refractivity contribution >= 4 is 17.3 Å². The van der Waals surface area contributed by atoms with Crippen LogP contribution in [-0.4, -0.2) is 47.1 Å². The molecule has 1 saturated heterocycles. The van der Waals surface area contributed by atoms with Crippen molar-refractivity contribution in [2.75, 3.05) is 20.8 Å². The minimum Gasteiger partial charge on any atom is -0.493 e. The zero-order chi connectivity index (χ0) is 17.3. The number of benzene rings is 1. The van der Waals surface area contributed by atoms with Crippen LogP contribution in [0.4, 0.5) is 0 Å². The molecule has 1 aromatic carbocycles. The van der Waals surface area contributed by atoms with Gasteiger partial charge in [0.25, 0.3) is 0 Å². The van der Waals surface area contributed by atoms with Gasteiger partial charge in [-0.1, -0.05) is 6.07 Å². The number of rotatable bonds is 5. The maximum Gasteiger partial charge on any atom is 0.171 e. The summed E-state index contributed by atoms with van der Waals surface area (Å²) >= 11 is 5.44. The van der Waals surface area contributed by atoms with Crippen LogP contribution in [0.2, 0.25) is 0 Å². The van der Waals surface area contributed by atoms with Crippen molar-refractivity contribution in [3.8, 4) is 11.5 Å². The highest BCUT2D eigenvalue weighted by Crippen LogP contribution is 2.31.